The Balaban J connectivity index is 2.00. The molecule has 25 heavy (non-hydrogen) atoms. The van der Waals surface area contributed by atoms with Gasteiger partial charge in [0.15, 0.2) is 0 Å². The number of nitro benzene ring substituents is 1. The zero-order chi connectivity index (χ0) is 17.4. The monoisotopic (exact) mass is 338 g/mol. The van der Waals surface area contributed by atoms with Crippen molar-refractivity contribution in [2.75, 3.05) is 6.54 Å². The molecule has 1 fully saturated rings. The highest BCUT2D eigenvalue weighted by molar-refractivity contribution is 5.81. The Morgan fingerprint density at radius 1 is 1.32 bits per heavy atom. The molecular weight excluding hydrogens is 320 g/mol. The molecule has 1 atom stereocenters. The van der Waals surface area contributed by atoms with Crippen LogP contribution in [0.2, 0.25) is 0 Å². The zero-order valence-corrected chi connectivity index (χ0v) is 13.6. The minimum atomic E-state index is -0.491. The molecule has 2 heterocycles. The minimum Gasteiger partial charge on any atom is -0.307 e. The molecule has 1 aromatic carbocycles. The standard InChI is InChI=1S/C18H18N4O3/c23-18-14-11-13(22(24)25)8-9-15(14)20-17(16-7-4-10-19-16)21(18)12-5-2-1-3-6-12/h2,5-6,8-9,11,16,19H,1,3-4,7,10H2. The van der Waals surface area contributed by atoms with E-state index in [0.717, 1.165) is 37.9 Å². The van der Waals surface area contributed by atoms with E-state index in [4.69, 9.17) is 4.98 Å². The molecule has 1 unspecified atom stereocenters. The van der Waals surface area contributed by atoms with Gasteiger partial charge in [0, 0.05) is 17.8 Å². The Kier molecular flexibility index (Phi) is 3.93. The smallest absolute Gasteiger partial charge is 0.270 e. The molecule has 2 aliphatic rings. The lowest BCUT2D eigenvalue weighted by Crippen LogP contribution is -2.29. The van der Waals surface area contributed by atoms with E-state index >= 15 is 0 Å². The molecule has 0 spiro atoms. The van der Waals surface area contributed by atoms with E-state index in [1.807, 2.05) is 18.2 Å². The fraction of sp³-hybridized carbons (Fsp3) is 0.333. The van der Waals surface area contributed by atoms with Crippen LogP contribution in [0.1, 0.15) is 37.5 Å². The number of aromatic nitrogens is 2. The molecule has 1 aliphatic heterocycles. The van der Waals surface area contributed by atoms with Crippen molar-refractivity contribution in [3.8, 4) is 0 Å². The summed E-state index contributed by atoms with van der Waals surface area (Å²) in [5.41, 5.74) is 0.935. The van der Waals surface area contributed by atoms with E-state index < -0.39 is 4.92 Å². The molecule has 1 saturated heterocycles. The van der Waals surface area contributed by atoms with Crippen LogP contribution in [-0.4, -0.2) is 21.0 Å². The number of nitrogens with zero attached hydrogens (tertiary/aromatic N) is 3. The van der Waals surface area contributed by atoms with Crippen molar-refractivity contribution in [3.05, 3.63) is 62.7 Å². The molecular formula is C18H18N4O3. The van der Waals surface area contributed by atoms with Gasteiger partial charge in [0.05, 0.1) is 21.9 Å². The van der Waals surface area contributed by atoms with Crippen LogP contribution in [0.5, 0.6) is 0 Å². The first-order valence-corrected chi connectivity index (χ1v) is 8.47. The number of nitrogens with one attached hydrogen (secondary N) is 1. The number of hydrogen-bond donors (Lipinski definition) is 1. The van der Waals surface area contributed by atoms with Crippen molar-refractivity contribution in [1.29, 1.82) is 0 Å². The maximum Gasteiger partial charge on any atom is 0.270 e. The van der Waals surface area contributed by atoms with Crippen molar-refractivity contribution in [3.63, 3.8) is 0 Å². The second-order valence-electron chi connectivity index (χ2n) is 6.33. The Hall–Kier alpha value is -2.80. The lowest BCUT2D eigenvalue weighted by atomic mass is 10.1. The molecule has 1 N–H and O–H groups in total. The maximum absolute atomic E-state index is 13.2. The molecule has 1 aliphatic carbocycles. The average Bonchev–Trinajstić information content (AvgIpc) is 3.16. The normalized spacial score (nSPS) is 20.0. The second kappa shape index (κ2) is 6.25. The van der Waals surface area contributed by atoms with Gasteiger partial charge in [-0.1, -0.05) is 12.2 Å². The number of hydrogen-bond acceptors (Lipinski definition) is 5. The predicted octanol–water partition coefficient (Wildman–Crippen LogP) is 2.92. The van der Waals surface area contributed by atoms with Gasteiger partial charge in [-0.3, -0.25) is 19.5 Å². The summed E-state index contributed by atoms with van der Waals surface area (Å²) in [4.78, 5) is 28.4. The summed E-state index contributed by atoms with van der Waals surface area (Å²) in [6.07, 6.45) is 9.74. The summed E-state index contributed by atoms with van der Waals surface area (Å²) >= 11 is 0. The van der Waals surface area contributed by atoms with Crippen molar-refractivity contribution in [1.82, 2.24) is 14.9 Å². The fourth-order valence-corrected chi connectivity index (χ4v) is 3.46. The van der Waals surface area contributed by atoms with Gasteiger partial charge in [0.1, 0.15) is 5.82 Å². The molecule has 7 nitrogen and oxygen atoms in total. The van der Waals surface area contributed by atoms with Crippen molar-refractivity contribution in [2.24, 2.45) is 0 Å². The third-order valence-corrected chi connectivity index (χ3v) is 4.69. The summed E-state index contributed by atoms with van der Waals surface area (Å²) in [5.74, 6) is 0.682. The SMILES string of the molecule is O=c1c2cc([N+](=O)[O-])ccc2nc(C2CCCN2)n1C1=CCCC=C1. The van der Waals surface area contributed by atoms with Crippen molar-refractivity contribution in [2.45, 2.75) is 31.7 Å². The summed E-state index contributed by atoms with van der Waals surface area (Å²) < 4.78 is 1.62. The molecule has 1 aromatic heterocycles. The van der Waals surface area contributed by atoms with Gasteiger partial charge in [-0.2, -0.15) is 0 Å². The number of non-ortho nitro benzene ring substituents is 1. The highest BCUT2D eigenvalue weighted by Gasteiger charge is 2.25. The first kappa shape index (κ1) is 15.7. The lowest BCUT2D eigenvalue weighted by Gasteiger charge is -2.20. The van der Waals surface area contributed by atoms with E-state index in [9.17, 15) is 14.9 Å². The first-order valence-electron chi connectivity index (χ1n) is 8.47. The molecule has 0 radical (unpaired) electrons. The maximum atomic E-state index is 13.2. The van der Waals surface area contributed by atoms with Gasteiger partial charge >= 0.3 is 0 Å². The van der Waals surface area contributed by atoms with Crippen LogP contribution >= 0.6 is 0 Å². The quantitative estimate of drug-likeness (QED) is 0.686. The van der Waals surface area contributed by atoms with E-state index in [1.54, 1.807) is 10.6 Å². The second-order valence-corrected chi connectivity index (χ2v) is 6.33. The summed E-state index contributed by atoms with van der Waals surface area (Å²) in [5, 5.41) is 14.7. The fourth-order valence-electron chi connectivity index (χ4n) is 3.46. The Bertz CT molecular complexity index is 968. The van der Waals surface area contributed by atoms with Gasteiger partial charge in [-0.15, -0.1) is 0 Å². The van der Waals surface area contributed by atoms with Crippen LogP contribution in [0.4, 0.5) is 5.69 Å². The Labute approximate surface area is 143 Å². The summed E-state index contributed by atoms with van der Waals surface area (Å²) in [7, 11) is 0. The van der Waals surface area contributed by atoms with E-state index in [1.165, 1.54) is 12.1 Å². The number of allylic oxidation sites excluding steroid dienone is 4. The first-order chi connectivity index (χ1) is 12.1. The molecule has 128 valence electrons. The molecule has 7 heteroatoms. The Morgan fingerprint density at radius 2 is 2.20 bits per heavy atom. The number of fused-ring (bicyclic) bond motifs is 1. The minimum absolute atomic E-state index is 0.0171. The molecule has 2 aromatic rings. The average molecular weight is 338 g/mol. The van der Waals surface area contributed by atoms with E-state index in [-0.39, 0.29) is 22.7 Å². The third-order valence-electron chi connectivity index (χ3n) is 4.69. The predicted molar refractivity (Wildman–Crippen MR) is 95.3 cm³/mol. The molecule has 0 saturated carbocycles. The van der Waals surface area contributed by atoms with Gasteiger partial charge in [-0.05, 0) is 44.4 Å². The number of rotatable bonds is 3. The topological polar surface area (TPSA) is 90.1 Å². The van der Waals surface area contributed by atoms with Crippen LogP contribution in [0.3, 0.4) is 0 Å². The molecule has 0 amide bonds. The van der Waals surface area contributed by atoms with E-state index in [2.05, 4.69) is 5.32 Å². The summed E-state index contributed by atoms with van der Waals surface area (Å²) in [6.45, 7) is 0.897. The molecule has 4 rings (SSSR count). The van der Waals surface area contributed by atoms with Crippen LogP contribution in [0.15, 0.2) is 41.2 Å². The van der Waals surface area contributed by atoms with Crippen LogP contribution in [-0.2, 0) is 0 Å². The van der Waals surface area contributed by atoms with E-state index in [0.29, 0.717) is 11.3 Å². The van der Waals surface area contributed by atoms with Gasteiger partial charge in [-0.25, -0.2) is 4.98 Å². The third kappa shape index (κ3) is 2.76. The summed E-state index contributed by atoms with van der Waals surface area (Å²) in [6, 6.07) is 4.29. The highest BCUT2D eigenvalue weighted by Crippen LogP contribution is 2.27. The Morgan fingerprint density at radius 3 is 2.88 bits per heavy atom. The lowest BCUT2D eigenvalue weighted by molar-refractivity contribution is -0.384. The largest absolute Gasteiger partial charge is 0.307 e. The van der Waals surface area contributed by atoms with Crippen molar-refractivity contribution < 1.29 is 4.92 Å². The van der Waals surface area contributed by atoms with Gasteiger partial charge in [0.25, 0.3) is 11.2 Å². The van der Waals surface area contributed by atoms with Crippen molar-refractivity contribution >= 4 is 22.3 Å². The number of nitro groups is 1. The zero-order valence-electron chi connectivity index (χ0n) is 13.6. The highest BCUT2D eigenvalue weighted by atomic mass is 16.6. The van der Waals surface area contributed by atoms with Crippen LogP contribution in [0.25, 0.3) is 16.6 Å². The number of benzene rings is 1. The van der Waals surface area contributed by atoms with Gasteiger partial charge < -0.3 is 5.32 Å². The van der Waals surface area contributed by atoms with Gasteiger partial charge in [0.2, 0.25) is 0 Å². The molecule has 0 bridgehead atoms. The van der Waals surface area contributed by atoms with Crippen LogP contribution < -0.4 is 10.9 Å². The van der Waals surface area contributed by atoms with Crippen LogP contribution in [0, 0.1) is 10.1 Å².